The highest BCUT2D eigenvalue weighted by atomic mass is 32.2. The van der Waals surface area contributed by atoms with E-state index in [1.165, 1.54) is 11.5 Å². The van der Waals surface area contributed by atoms with Crippen molar-refractivity contribution >= 4 is 39.3 Å². The molecule has 1 amide bonds. The second-order valence-corrected chi connectivity index (χ2v) is 6.40. The molecule has 2 aromatic carbocycles. The Kier molecular flexibility index (Phi) is 6.19. The highest BCUT2D eigenvalue weighted by molar-refractivity contribution is 7.99. The molecule has 0 fully saturated rings. The molecule has 0 bridgehead atoms. The Bertz CT molecular complexity index is 868. The van der Waals surface area contributed by atoms with E-state index in [9.17, 15) is 9.59 Å². The summed E-state index contributed by atoms with van der Waals surface area (Å²) in [7, 11) is 0. The Morgan fingerprint density at radius 3 is 2.61 bits per heavy atom. The summed E-state index contributed by atoms with van der Waals surface area (Å²) in [5.41, 5.74) is 5.80. The summed E-state index contributed by atoms with van der Waals surface area (Å²) in [5, 5.41) is 0.785. The molecule has 1 aromatic heterocycles. The lowest BCUT2D eigenvalue weighted by Crippen LogP contribution is -2.11. The topological polar surface area (TPSA) is 76.0 Å². The van der Waals surface area contributed by atoms with E-state index >= 15 is 0 Å². The summed E-state index contributed by atoms with van der Waals surface area (Å²) in [6.45, 7) is 3.61. The molecule has 3 N–H and O–H groups in total. The third-order valence-electron chi connectivity index (χ3n) is 2.89. The summed E-state index contributed by atoms with van der Waals surface area (Å²) in [4.78, 5) is 22.8. The molecule has 6 heteroatoms. The molecule has 3 rings (SSSR count). The van der Waals surface area contributed by atoms with Crippen LogP contribution in [0.15, 0.2) is 70.9 Å². The number of nitrogens with one attached hydrogen (secondary N) is 1. The van der Waals surface area contributed by atoms with Gasteiger partial charge in [-0.1, -0.05) is 41.9 Å². The van der Waals surface area contributed by atoms with Crippen LogP contribution in [0.5, 0.6) is 0 Å². The van der Waals surface area contributed by atoms with Crippen molar-refractivity contribution in [2.75, 3.05) is 5.75 Å². The van der Waals surface area contributed by atoms with Gasteiger partial charge in [-0.2, -0.15) is 0 Å². The monoisotopic (exact) mass is 344 g/mol. The molecule has 0 aliphatic carbocycles. The first-order chi connectivity index (χ1) is 11.1. The Hall–Kier alpha value is -2.31. The predicted octanol–water partition coefficient (Wildman–Crippen LogP) is 3.65. The quantitative estimate of drug-likeness (QED) is 0.560. The number of hydrogen-bond donors (Lipinski definition) is 2. The van der Waals surface area contributed by atoms with Crippen LogP contribution in [-0.4, -0.2) is 16.0 Å². The fourth-order valence-corrected chi connectivity index (χ4v) is 3.37. The molecule has 118 valence electrons. The van der Waals surface area contributed by atoms with Gasteiger partial charge < -0.3 is 5.73 Å². The van der Waals surface area contributed by atoms with Gasteiger partial charge in [0.15, 0.2) is 0 Å². The van der Waals surface area contributed by atoms with Gasteiger partial charge in [0.25, 0.3) is 5.56 Å². The number of aromatic amines is 1. The molecule has 0 aliphatic rings. The fraction of sp³-hybridized carbons (Fsp3) is 0.0588. The second-order valence-electron chi connectivity index (χ2n) is 4.49. The van der Waals surface area contributed by atoms with Crippen LogP contribution in [0.1, 0.15) is 10.4 Å². The first-order valence-corrected chi connectivity index (χ1v) is 8.62. The summed E-state index contributed by atoms with van der Waals surface area (Å²) < 4.78 is 3.68. The number of hydrogen-bond acceptors (Lipinski definition) is 4. The first-order valence-electron chi connectivity index (χ1n) is 6.82. The number of carbonyl (C=O) groups excluding carboxylic acids is 1. The number of nitrogens with two attached hydrogens (primary N) is 1. The van der Waals surface area contributed by atoms with Gasteiger partial charge in [0.2, 0.25) is 5.91 Å². The van der Waals surface area contributed by atoms with E-state index in [0.717, 1.165) is 20.7 Å². The maximum Gasteiger partial charge on any atom is 0.265 e. The number of fused-ring (bicyclic) bond motifs is 1. The van der Waals surface area contributed by atoms with Gasteiger partial charge in [0, 0.05) is 10.6 Å². The highest BCUT2D eigenvalue weighted by Crippen LogP contribution is 2.21. The SMILES string of the molecule is C=CCSc1ccccc1C(N)=O.O=c1[nH]sc2ccccc12. The van der Waals surface area contributed by atoms with Crippen LogP contribution in [0.4, 0.5) is 0 Å². The normalized spacial score (nSPS) is 9.91. The molecule has 4 nitrogen and oxygen atoms in total. The number of carbonyl (C=O) groups is 1. The lowest BCUT2D eigenvalue weighted by Gasteiger charge is -2.03. The van der Waals surface area contributed by atoms with Gasteiger partial charge in [-0.25, -0.2) is 0 Å². The largest absolute Gasteiger partial charge is 0.366 e. The molecule has 3 aromatic rings. The van der Waals surface area contributed by atoms with Crippen LogP contribution in [0.3, 0.4) is 0 Å². The van der Waals surface area contributed by atoms with Gasteiger partial charge in [-0.3, -0.25) is 14.0 Å². The maximum absolute atomic E-state index is 11.0. The van der Waals surface area contributed by atoms with E-state index in [-0.39, 0.29) is 11.5 Å². The zero-order valence-corrected chi connectivity index (χ0v) is 14.0. The van der Waals surface area contributed by atoms with E-state index < -0.39 is 0 Å². The minimum atomic E-state index is -0.382. The molecule has 0 atom stereocenters. The van der Waals surface area contributed by atoms with Crippen molar-refractivity contribution in [3.8, 4) is 0 Å². The van der Waals surface area contributed by atoms with Crippen LogP contribution in [0.2, 0.25) is 0 Å². The van der Waals surface area contributed by atoms with Crippen molar-refractivity contribution in [2.45, 2.75) is 4.90 Å². The van der Waals surface area contributed by atoms with E-state index in [0.29, 0.717) is 5.56 Å². The molecule has 0 unspecified atom stereocenters. The molecular weight excluding hydrogens is 328 g/mol. The fourth-order valence-electron chi connectivity index (χ4n) is 1.84. The standard InChI is InChI=1S/C10H11NOS.C7H5NOS/c1-2-7-13-9-6-4-3-5-8(9)10(11)12;9-7-5-3-1-2-4-6(5)10-8-7/h2-6H,1,7H2,(H2,11,12);1-4H,(H,8,9). The Morgan fingerprint density at radius 2 is 1.91 bits per heavy atom. The number of thioether (sulfide) groups is 1. The Balaban J connectivity index is 0.000000172. The van der Waals surface area contributed by atoms with Crippen LogP contribution in [0, 0.1) is 0 Å². The second kappa shape index (κ2) is 8.36. The van der Waals surface area contributed by atoms with E-state index in [4.69, 9.17) is 5.73 Å². The Labute approximate surface area is 142 Å². The van der Waals surface area contributed by atoms with Crippen molar-refractivity contribution in [3.63, 3.8) is 0 Å². The van der Waals surface area contributed by atoms with E-state index in [1.54, 1.807) is 30.0 Å². The third kappa shape index (κ3) is 4.58. The lowest BCUT2D eigenvalue weighted by atomic mass is 10.2. The van der Waals surface area contributed by atoms with Crippen LogP contribution < -0.4 is 11.3 Å². The molecule has 0 radical (unpaired) electrons. The smallest absolute Gasteiger partial charge is 0.265 e. The minimum Gasteiger partial charge on any atom is -0.366 e. The highest BCUT2D eigenvalue weighted by Gasteiger charge is 2.05. The number of rotatable bonds is 4. The average molecular weight is 344 g/mol. The number of aromatic nitrogens is 1. The van der Waals surface area contributed by atoms with Gasteiger partial charge >= 0.3 is 0 Å². The molecule has 23 heavy (non-hydrogen) atoms. The van der Waals surface area contributed by atoms with Gasteiger partial charge in [0.05, 0.1) is 15.6 Å². The lowest BCUT2D eigenvalue weighted by molar-refractivity contribution is 0.0997. The molecule has 0 spiro atoms. The average Bonchev–Trinajstić information content (AvgIpc) is 2.95. The van der Waals surface area contributed by atoms with E-state index in [1.807, 2.05) is 36.4 Å². The van der Waals surface area contributed by atoms with Crippen molar-refractivity contribution in [1.29, 1.82) is 0 Å². The summed E-state index contributed by atoms with van der Waals surface area (Å²) in [5.74, 6) is 0.400. The number of primary amides is 1. The van der Waals surface area contributed by atoms with Crippen LogP contribution >= 0.6 is 23.3 Å². The van der Waals surface area contributed by atoms with E-state index in [2.05, 4.69) is 11.0 Å². The van der Waals surface area contributed by atoms with Crippen molar-refractivity contribution < 1.29 is 4.79 Å². The molecule has 0 aliphatic heterocycles. The number of amides is 1. The van der Waals surface area contributed by atoms with Crippen LogP contribution in [0.25, 0.3) is 10.1 Å². The number of H-pyrrole nitrogens is 1. The van der Waals surface area contributed by atoms with Crippen molar-refractivity contribution in [2.24, 2.45) is 5.73 Å². The minimum absolute atomic E-state index is 0.0144. The zero-order valence-electron chi connectivity index (χ0n) is 12.3. The Morgan fingerprint density at radius 1 is 1.22 bits per heavy atom. The maximum atomic E-state index is 11.0. The molecule has 0 saturated heterocycles. The van der Waals surface area contributed by atoms with Crippen LogP contribution in [-0.2, 0) is 0 Å². The number of benzene rings is 2. The molecular formula is C17H16N2O2S2. The third-order valence-corrected chi connectivity index (χ3v) is 4.83. The van der Waals surface area contributed by atoms with Gasteiger partial charge in [-0.05, 0) is 24.3 Å². The van der Waals surface area contributed by atoms with Crippen molar-refractivity contribution in [3.05, 3.63) is 77.1 Å². The summed E-state index contributed by atoms with van der Waals surface area (Å²) in [6.07, 6.45) is 1.79. The van der Waals surface area contributed by atoms with Gasteiger partial charge in [-0.15, -0.1) is 18.3 Å². The van der Waals surface area contributed by atoms with Crippen molar-refractivity contribution in [1.82, 2.24) is 4.37 Å². The van der Waals surface area contributed by atoms with Gasteiger partial charge in [0.1, 0.15) is 0 Å². The zero-order chi connectivity index (χ0) is 16.7. The predicted molar refractivity (Wildman–Crippen MR) is 98.3 cm³/mol. The summed E-state index contributed by atoms with van der Waals surface area (Å²) >= 11 is 2.93. The summed E-state index contributed by atoms with van der Waals surface area (Å²) in [6, 6.07) is 14.8. The molecule has 1 heterocycles. The first kappa shape index (κ1) is 17.1. The molecule has 0 saturated carbocycles.